The molecule has 0 spiro atoms. The van der Waals surface area contributed by atoms with E-state index in [0.717, 1.165) is 11.5 Å². The van der Waals surface area contributed by atoms with Crippen LogP contribution in [0.2, 0.25) is 0 Å². The molecule has 1 aromatic rings. The zero-order valence-corrected chi connectivity index (χ0v) is 8.69. The van der Waals surface area contributed by atoms with Gasteiger partial charge >= 0.3 is 6.18 Å². The average molecular weight is 238 g/mol. The van der Waals surface area contributed by atoms with Gasteiger partial charge in [-0.15, -0.1) is 0 Å². The quantitative estimate of drug-likeness (QED) is 0.795. The molecule has 2 N–H and O–H groups in total. The average Bonchev–Trinajstić information content (AvgIpc) is 2.45. The summed E-state index contributed by atoms with van der Waals surface area (Å²) in [6.45, 7) is 2.87. The summed E-state index contributed by atoms with van der Waals surface area (Å²) in [6, 6.07) is 0. The van der Waals surface area contributed by atoms with Crippen molar-refractivity contribution < 1.29 is 13.2 Å². The number of halogens is 3. The molecule has 84 valence electrons. The number of anilines is 1. The van der Waals surface area contributed by atoms with Gasteiger partial charge < -0.3 is 10.6 Å². The molecule has 2 heterocycles. The lowest BCUT2D eigenvalue weighted by Crippen LogP contribution is -2.65. The van der Waals surface area contributed by atoms with Gasteiger partial charge in [-0.05, 0) is 6.92 Å². The second-order valence-corrected chi connectivity index (χ2v) is 4.64. The van der Waals surface area contributed by atoms with E-state index in [9.17, 15) is 13.2 Å². The van der Waals surface area contributed by atoms with Crippen molar-refractivity contribution in [1.29, 1.82) is 0 Å². The normalized spacial score (nSPS) is 20.2. The molecule has 1 aliphatic heterocycles. The van der Waals surface area contributed by atoms with Crippen LogP contribution in [0.3, 0.4) is 0 Å². The molecule has 2 rings (SSSR count). The fourth-order valence-electron chi connectivity index (χ4n) is 1.42. The predicted octanol–water partition coefficient (Wildman–Crippen LogP) is 1.09. The van der Waals surface area contributed by atoms with Crippen molar-refractivity contribution in [2.75, 3.05) is 18.0 Å². The summed E-state index contributed by atoms with van der Waals surface area (Å²) in [5.74, 6) is -1.08. The molecular formula is C7H9F3N4S. The lowest BCUT2D eigenvalue weighted by atomic mass is 9.95. The standard InChI is InChI=1S/C7H9F3N4S/c1-6(11)2-14(3-6)5-12-4(13-15-5)7(8,9)10/h2-3,11H2,1H3. The Morgan fingerprint density at radius 3 is 2.47 bits per heavy atom. The number of nitrogens with zero attached hydrogens (tertiary/aromatic N) is 3. The van der Waals surface area contributed by atoms with Gasteiger partial charge in [0.2, 0.25) is 11.0 Å². The first-order valence-corrected chi connectivity index (χ1v) is 5.00. The van der Waals surface area contributed by atoms with Crippen molar-refractivity contribution in [3.63, 3.8) is 0 Å². The van der Waals surface area contributed by atoms with Crippen molar-refractivity contribution >= 4 is 16.7 Å². The minimum absolute atomic E-state index is 0.283. The van der Waals surface area contributed by atoms with Crippen LogP contribution in [0.5, 0.6) is 0 Å². The SMILES string of the molecule is CC1(N)CN(c2nc(C(F)(F)F)ns2)C1. The molecule has 0 aromatic carbocycles. The molecule has 4 nitrogen and oxygen atoms in total. The van der Waals surface area contributed by atoms with E-state index in [1.165, 1.54) is 0 Å². The Hall–Kier alpha value is -0.890. The van der Waals surface area contributed by atoms with Gasteiger partial charge in [0.25, 0.3) is 0 Å². The topological polar surface area (TPSA) is 55.0 Å². The highest BCUT2D eigenvalue weighted by molar-refractivity contribution is 7.09. The van der Waals surface area contributed by atoms with Crippen LogP contribution < -0.4 is 10.6 Å². The van der Waals surface area contributed by atoms with Crippen molar-refractivity contribution in [1.82, 2.24) is 9.36 Å². The van der Waals surface area contributed by atoms with E-state index in [-0.39, 0.29) is 10.7 Å². The molecule has 0 aliphatic carbocycles. The number of alkyl halides is 3. The number of rotatable bonds is 1. The predicted molar refractivity (Wildman–Crippen MR) is 49.7 cm³/mol. The summed E-state index contributed by atoms with van der Waals surface area (Å²) in [7, 11) is 0. The first kappa shape index (κ1) is 10.6. The van der Waals surface area contributed by atoms with Crippen LogP contribution >= 0.6 is 11.5 Å². The molecule has 0 amide bonds. The lowest BCUT2D eigenvalue weighted by molar-refractivity contribution is -0.144. The van der Waals surface area contributed by atoms with E-state index in [0.29, 0.717) is 13.1 Å². The van der Waals surface area contributed by atoms with E-state index in [2.05, 4.69) is 9.36 Å². The molecule has 15 heavy (non-hydrogen) atoms. The lowest BCUT2D eigenvalue weighted by Gasteiger charge is -2.45. The smallest absolute Gasteiger partial charge is 0.343 e. The maximum Gasteiger partial charge on any atom is 0.452 e. The third kappa shape index (κ3) is 2.05. The molecular weight excluding hydrogens is 229 g/mol. The third-order valence-electron chi connectivity index (χ3n) is 2.04. The molecule has 1 aliphatic rings. The van der Waals surface area contributed by atoms with Crippen LogP contribution in [0.1, 0.15) is 12.7 Å². The van der Waals surface area contributed by atoms with Gasteiger partial charge in [-0.25, -0.2) is 0 Å². The Labute approximate surface area is 88.1 Å². The first-order valence-electron chi connectivity index (χ1n) is 4.23. The van der Waals surface area contributed by atoms with Gasteiger partial charge in [-0.1, -0.05) is 0 Å². The van der Waals surface area contributed by atoms with E-state index in [1.807, 2.05) is 6.92 Å². The van der Waals surface area contributed by atoms with Crippen LogP contribution in [0.25, 0.3) is 0 Å². The molecule has 0 saturated carbocycles. The summed E-state index contributed by atoms with van der Waals surface area (Å²) < 4.78 is 39.8. The Bertz CT molecular complexity index is 365. The molecule has 0 unspecified atom stereocenters. The third-order valence-corrected chi connectivity index (χ3v) is 2.82. The summed E-state index contributed by atoms with van der Waals surface area (Å²) in [5, 5.41) is 0.283. The number of hydrogen-bond donors (Lipinski definition) is 1. The maximum atomic E-state index is 12.2. The fourth-order valence-corrected chi connectivity index (χ4v) is 2.10. The van der Waals surface area contributed by atoms with Gasteiger partial charge in [0.15, 0.2) is 0 Å². The highest BCUT2D eigenvalue weighted by atomic mass is 32.1. The van der Waals surface area contributed by atoms with Crippen molar-refractivity contribution in [2.24, 2.45) is 5.73 Å². The van der Waals surface area contributed by atoms with Gasteiger partial charge in [0, 0.05) is 30.2 Å². The van der Waals surface area contributed by atoms with E-state index >= 15 is 0 Å². The molecule has 8 heteroatoms. The second kappa shape index (κ2) is 3.05. The van der Waals surface area contributed by atoms with E-state index < -0.39 is 12.0 Å². The van der Waals surface area contributed by atoms with Crippen LogP contribution in [-0.4, -0.2) is 28.0 Å². The summed E-state index contributed by atoms with van der Waals surface area (Å²) in [6.07, 6.45) is -4.47. The molecule has 0 radical (unpaired) electrons. The Morgan fingerprint density at radius 2 is 2.07 bits per heavy atom. The van der Waals surface area contributed by atoms with Gasteiger partial charge in [0.05, 0.1) is 0 Å². The Kier molecular flexibility index (Phi) is 2.16. The Morgan fingerprint density at radius 1 is 1.47 bits per heavy atom. The second-order valence-electron chi connectivity index (χ2n) is 3.91. The number of hydrogen-bond acceptors (Lipinski definition) is 5. The zero-order valence-electron chi connectivity index (χ0n) is 7.88. The van der Waals surface area contributed by atoms with Crippen LogP contribution in [0, 0.1) is 0 Å². The first-order chi connectivity index (χ1) is 6.78. The van der Waals surface area contributed by atoms with Gasteiger partial charge in [0.1, 0.15) is 0 Å². The van der Waals surface area contributed by atoms with Crippen LogP contribution in [0.15, 0.2) is 0 Å². The maximum absolute atomic E-state index is 12.2. The van der Waals surface area contributed by atoms with E-state index in [1.54, 1.807) is 4.90 Å². The van der Waals surface area contributed by atoms with Crippen LogP contribution in [0.4, 0.5) is 18.3 Å². The molecule has 1 fully saturated rings. The largest absolute Gasteiger partial charge is 0.452 e. The molecule has 0 bridgehead atoms. The fraction of sp³-hybridized carbons (Fsp3) is 0.714. The minimum atomic E-state index is -4.47. The number of aromatic nitrogens is 2. The van der Waals surface area contributed by atoms with Gasteiger partial charge in [-0.3, -0.25) is 0 Å². The van der Waals surface area contributed by atoms with Crippen molar-refractivity contribution in [3.8, 4) is 0 Å². The zero-order chi connectivity index (χ0) is 11.3. The highest BCUT2D eigenvalue weighted by Gasteiger charge is 2.40. The molecule has 0 atom stereocenters. The van der Waals surface area contributed by atoms with Gasteiger partial charge in [-0.2, -0.15) is 22.5 Å². The highest BCUT2D eigenvalue weighted by Crippen LogP contribution is 2.32. The van der Waals surface area contributed by atoms with Crippen LogP contribution in [-0.2, 0) is 6.18 Å². The summed E-state index contributed by atoms with van der Waals surface area (Å²) >= 11 is 0.750. The summed E-state index contributed by atoms with van der Waals surface area (Å²) in [5.41, 5.74) is 5.41. The van der Waals surface area contributed by atoms with E-state index in [4.69, 9.17) is 5.73 Å². The number of nitrogens with two attached hydrogens (primary N) is 1. The Balaban J connectivity index is 2.10. The minimum Gasteiger partial charge on any atom is -0.343 e. The molecule has 1 aromatic heterocycles. The van der Waals surface area contributed by atoms with Crippen molar-refractivity contribution in [3.05, 3.63) is 5.82 Å². The monoisotopic (exact) mass is 238 g/mol. The molecule has 1 saturated heterocycles. The van der Waals surface area contributed by atoms with Crippen molar-refractivity contribution in [2.45, 2.75) is 18.6 Å². The summed E-state index contributed by atoms with van der Waals surface area (Å²) in [4.78, 5) is 5.11.